The van der Waals surface area contributed by atoms with Gasteiger partial charge in [-0.2, -0.15) is 0 Å². The van der Waals surface area contributed by atoms with Crippen LogP contribution in [0.3, 0.4) is 0 Å². The average molecular weight is 274 g/mol. The first-order chi connectivity index (χ1) is 8.30. The molecule has 0 atom stereocenters. The van der Waals surface area contributed by atoms with Gasteiger partial charge in [0.15, 0.2) is 0 Å². The second-order valence-electron chi connectivity index (χ2n) is 4.28. The monoisotopic (exact) mass is 274 g/mol. The highest BCUT2D eigenvalue weighted by atomic mass is 32.2. The molecule has 8 heteroatoms. The van der Waals surface area contributed by atoms with Crippen LogP contribution in [0.15, 0.2) is 17.3 Å². The number of nitrogens with one attached hydrogen (secondary N) is 2. The molecule has 1 aromatic rings. The van der Waals surface area contributed by atoms with Crippen molar-refractivity contribution < 1.29 is 13.2 Å². The van der Waals surface area contributed by atoms with Crippen molar-refractivity contribution in [3.05, 3.63) is 12.4 Å². The fourth-order valence-electron chi connectivity index (χ4n) is 1.01. The second-order valence-corrected chi connectivity index (χ2v) is 6.05. The summed E-state index contributed by atoms with van der Waals surface area (Å²) < 4.78 is 31.4. The van der Waals surface area contributed by atoms with Gasteiger partial charge in [0.05, 0.1) is 18.0 Å². The molecular formula is C10H18N4O3S. The fourth-order valence-corrected chi connectivity index (χ4v) is 2.10. The normalized spacial score (nSPS) is 12.4. The molecule has 0 bridgehead atoms. The quantitative estimate of drug-likeness (QED) is 0.771. The molecule has 0 radical (unpaired) electrons. The summed E-state index contributed by atoms with van der Waals surface area (Å²) >= 11 is 0. The first-order valence-electron chi connectivity index (χ1n) is 5.35. The number of sulfonamides is 1. The summed E-state index contributed by atoms with van der Waals surface area (Å²) in [7, 11) is -0.429. The number of aromatic nitrogens is 2. The zero-order valence-corrected chi connectivity index (χ0v) is 11.7. The van der Waals surface area contributed by atoms with E-state index in [9.17, 15) is 8.42 Å². The van der Waals surface area contributed by atoms with Crippen LogP contribution in [0.4, 0.5) is 5.95 Å². The Hall–Kier alpha value is -1.25. The van der Waals surface area contributed by atoms with Gasteiger partial charge < -0.3 is 10.1 Å². The lowest BCUT2D eigenvalue weighted by atomic mass is 10.1. The van der Waals surface area contributed by atoms with Crippen molar-refractivity contribution in [2.24, 2.45) is 0 Å². The topological polar surface area (TPSA) is 93.2 Å². The molecule has 0 unspecified atom stereocenters. The minimum absolute atomic E-state index is 0.0217. The Kier molecular flexibility index (Phi) is 4.60. The van der Waals surface area contributed by atoms with Gasteiger partial charge in [0, 0.05) is 20.7 Å². The van der Waals surface area contributed by atoms with E-state index in [4.69, 9.17) is 4.74 Å². The molecule has 0 aromatic carbocycles. The lowest BCUT2D eigenvalue weighted by Crippen LogP contribution is -2.39. The number of nitrogens with zero attached hydrogens (tertiary/aromatic N) is 2. The molecule has 1 aromatic heterocycles. The fraction of sp³-hybridized carbons (Fsp3) is 0.600. The van der Waals surface area contributed by atoms with Crippen molar-refractivity contribution in [1.29, 1.82) is 0 Å². The molecule has 102 valence electrons. The van der Waals surface area contributed by atoms with Crippen molar-refractivity contribution >= 4 is 16.0 Å². The van der Waals surface area contributed by atoms with Gasteiger partial charge >= 0.3 is 0 Å². The summed E-state index contributed by atoms with van der Waals surface area (Å²) in [4.78, 5) is 7.73. The predicted molar refractivity (Wildman–Crippen MR) is 67.9 cm³/mol. The lowest BCUT2D eigenvalue weighted by molar-refractivity contribution is 0.0276. The molecule has 0 aliphatic heterocycles. The standard InChI is InChI=1S/C10H18N4O3S/c1-10(2,17-4)7-14-18(15,16)8-5-12-9(11-3)13-6-8/h5-6,14H,7H2,1-4H3,(H,11,12,13). The summed E-state index contributed by atoms with van der Waals surface area (Å²) in [6, 6.07) is 0. The van der Waals surface area contributed by atoms with E-state index in [1.165, 1.54) is 19.5 Å². The lowest BCUT2D eigenvalue weighted by Gasteiger charge is -2.22. The van der Waals surface area contributed by atoms with Crippen molar-refractivity contribution in [3.8, 4) is 0 Å². The third kappa shape index (κ3) is 3.90. The molecule has 0 fully saturated rings. The van der Waals surface area contributed by atoms with E-state index in [-0.39, 0.29) is 11.4 Å². The van der Waals surface area contributed by atoms with Gasteiger partial charge in [-0.1, -0.05) is 0 Å². The van der Waals surface area contributed by atoms with Gasteiger partial charge in [-0.25, -0.2) is 23.1 Å². The summed E-state index contributed by atoms with van der Waals surface area (Å²) in [6.45, 7) is 3.74. The molecule has 0 aliphatic rings. The number of methoxy groups -OCH3 is 1. The van der Waals surface area contributed by atoms with E-state index >= 15 is 0 Å². The van der Waals surface area contributed by atoms with E-state index < -0.39 is 15.6 Å². The maximum absolute atomic E-state index is 11.9. The number of hydrogen-bond acceptors (Lipinski definition) is 6. The molecule has 0 spiro atoms. The van der Waals surface area contributed by atoms with E-state index in [1.807, 2.05) is 0 Å². The van der Waals surface area contributed by atoms with Crippen LogP contribution in [0.1, 0.15) is 13.8 Å². The Morgan fingerprint density at radius 2 is 1.89 bits per heavy atom. The average Bonchev–Trinajstić information content (AvgIpc) is 2.37. The zero-order chi connectivity index (χ0) is 13.8. The first-order valence-corrected chi connectivity index (χ1v) is 6.84. The van der Waals surface area contributed by atoms with Crippen molar-refractivity contribution in [2.75, 3.05) is 26.0 Å². The molecule has 0 saturated heterocycles. The van der Waals surface area contributed by atoms with E-state index in [1.54, 1.807) is 20.9 Å². The van der Waals surface area contributed by atoms with E-state index in [0.717, 1.165) is 0 Å². The Morgan fingerprint density at radius 3 is 2.33 bits per heavy atom. The zero-order valence-electron chi connectivity index (χ0n) is 10.9. The van der Waals surface area contributed by atoms with Crippen molar-refractivity contribution in [1.82, 2.24) is 14.7 Å². The Bertz CT molecular complexity index is 484. The smallest absolute Gasteiger partial charge is 0.243 e. The summed E-state index contributed by atoms with van der Waals surface area (Å²) in [6.07, 6.45) is 2.50. The van der Waals surface area contributed by atoms with Gasteiger partial charge in [-0.15, -0.1) is 0 Å². The van der Waals surface area contributed by atoms with E-state index in [2.05, 4.69) is 20.0 Å². The van der Waals surface area contributed by atoms with Crippen LogP contribution in [0.25, 0.3) is 0 Å². The maximum Gasteiger partial charge on any atom is 0.243 e. The van der Waals surface area contributed by atoms with Crippen LogP contribution in [0.2, 0.25) is 0 Å². The van der Waals surface area contributed by atoms with Crippen molar-refractivity contribution in [2.45, 2.75) is 24.3 Å². The van der Waals surface area contributed by atoms with Crippen LogP contribution < -0.4 is 10.0 Å². The largest absolute Gasteiger partial charge is 0.377 e. The molecule has 0 amide bonds. The minimum atomic E-state index is -3.61. The van der Waals surface area contributed by atoms with Gasteiger partial charge in [0.2, 0.25) is 16.0 Å². The third-order valence-corrected chi connectivity index (χ3v) is 3.76. The molecule has 1 heterocycles. The molecule has 1 rings (SSSR count). The molecule has 7 nitrogen and oxygen atoms in total. The Balaban J connectivity index is 2.80. The number of anilines is 1. The predicted octanol–water partition coefficient (Wildman–Crippen LogP) is 0.222. The van der Waals surface area contributed by atoms with Gasteiger partial charge in [-0.3, -0.25) is 0 Å². The van der Waals surface area contributed by atoms with Gasteiger partial charge in [0.25, 0.3) is 0 Å². The highest BCUT2D eigenvalue weighted by Gasteiger charge is 2.22. The van der Waals surface area contributed by atoms with Crippen LogP contribution in [-0.4, -0.2) is 44.7 Å². The van der Waals surface area contributed by atoms with Crippen LogP contribution in [0.5, 0.6) is 0 Å². The van der Waals surface area contributed by atoms with E-state index in [0.29, 0.717) is 5.95 Å². The van der Waals surface area contributed by atoms with Crippen LogP contribution in [0, 0.1) is 0 Å². The number of hydrogen-bond donors (Lipinski definition) is 2. The molecule has 0 saturated carbocycles. The summed E-state index contributed by atoms with van der Waals surface area (Å²) in [5.74, 6) is 0.367. The van der Waals surface area contributed by atoms with Crippen LogP contribution in [-0.2, 0) is 14.8 Å². The highest BCUT2D eigenvalue weighted by Crippen LogP contribution is 2.10. The Labute approximate surface area is 107 Å². The number of rotatable bonds is 6. The summed E-state index contributed by atoms with van der Waals surface area (Å²) in [5, 5.41) is 2.71. The summed E-state index contributed by atoms with van der Waals surface area (Å²) in [5.41, 5.74) is -0.571. The SMILES string of the molecule is CNc1ncc(S(=O)(=O)NCC(C)(C)OC)cn1. The van der Waals surface area contributed by atoms with Gasteiger partial charge in [-0.05, 0) is 13.8 Å². The Morgan fingerprint density at radius 1 is 1.33 bits per heavy atom. The van der Waals surface area contributed by atoms with Crippen LogP contribution >= 0.6 is 0 Å². The number of ether oxygens (including phenoxy) is 1. The van der Waals surface area contributed by atoms with Crippen molar-refractivity contribution in [3.63, 3.8) is 0 Å². The second kappa shape index (κ2) is 5.59. The molecule has 18 heavy (non-hydrogen) atoms. The minimum Gasteiger partial charge on any atom is -0.377 e. The first kappa shape index (κ1) is 14.8. The molecular weight excluding hydrogens is 256 g/mol. The van der Waals surface area contributed by atoms with Gasteiger partial charge in [0.1, 0.15) is 4.90 Å². The third-order valence-electron chi connectivity index (χ3n) is 2.40. The highest BCUT2D eigenvalue weighted by molar-refractivity contribution is 7.89. The molecule has 2 N–H and O–H groups in total. The maximum atomic E-state index is 11.9. The molecule has 0 aliphatic carbocycles.